The Bertz CT molecular complexity index is 2880. The van der Waals surface area contributed by atoms with Crippen LogP contribution >= 0.6 is 0 Å². The molecular weight excluding hydrogens is 895 g/mol. The number of amides is 4. The molecule has 1 atom stereocenters. The summed E-state index contributed by atoms with van der Waals surface area (Å²) in [5, 5.41) is 17.0. The number of carbonyl (C=O) groups excluding carboxylic acids is 4. The summed E-state index contributed by atoms with van der Waals surface area (Å²) in [6.07, 6.45) is 4.94. The minimum absolute atomic E-state index is 0.0307. The number of rotatable bonds is 19. The molecule has 69 heavy (non-hydrogen) atoms. The van der Waals surface area contributed by atoms with Crippen molar-refractivity contribution in [2.45, 2.75) is 65.3 Å². The first kappa shape index (κ1) is 46.9. The van der Waals surface area contributed by atoms with E-state index < -0.39 is 41.3 Å². The molecule has 1 unspecified atom stereocenters. The lowest BCUT2D eigenvalue weighted by Crippen LogP contribution is -2.54. The number of piperazine rings is 1. The van der Waals surface area contributed by atoms with Crippen LogP contribution in [0.25, 0.3) is 22.3 Å². The van der Waals surface area contributed by atoms with Crippen molar-refractivity contribution in [3.63, 3.8) is 0 Å². The van der Waals surface area contributed by atoms with Gasteiger partial charge >= 0.3 is 0 Å². The third-order valence-corrected chi connectivity index (χ3v) is 12.2. The molecule has 4 amide bonds. The fourth-order valence-corrected chi connectivity index (χ4v) is 8.91. The molecule has 2 saturated heterocycles. The van der Waals surface area contributed by atoms with Crippen LogP contribution in [0.3, 0.4) is 0 Å². The predicted molar refractivity (Wildman–Crippen MR) is 247 cm³/mol. The number of nitrogens with zero attached hydrogens (tertiary/aromatic N) is 11. The largest absolute Gasteiger partial charge is 0.382 e. The number of ether oxygens (including phenoxy) is 2. The average Bonchev–Trinajstić information content (AvgIpc) is 4.00. The van der Waals surface area contributed by atoms with Crippen LogP contribution in [-0.2, 0) is 38.7 Å². The van der Waals surface area contributed by atoms with Crippen molar-refractivity contribution < 1.29 is 37.4 Å². The van der Waals surface area contributed by atoms with Gasteiger partial charge in [-0.25, -0.2) is 33.4 Å². The molecule has 6 aromatic rings. The van der Waals surface area contributed by atoms with Gasteiger partial charge in [-0.3, -0.25) is 39.2 Å². The monoisotopic (exact) mass is 946 g/mol. The molecule has 0 spiro atoms. The number of imidazole rings is 1. The van der Waals surface area contributed by atoms with E-state index in [-0.39, 0.29) is 52.7 Å². The minimum atomic E-state index is -1.03. The topological polar surface area (TPSA) is 220 Å². The number of imide groups is 2. The van der Waals surface area contributed by atoms with Gasteiger partial charge in [-0.15, -0.1) is 5.10 Å². The van der Waals surface area contributed by atoms with Crippen molar-refractivity contribution in [1.82, 2.24) is 59.5 Å². The van der Waals surface area contributed by atoms with Crippen molar-refractivity contribution in [3.8, 4) is 11.3 Å². The maximum atomic E-state index is 15.2. The Kier molecular flexibility index (Phi) is 14.0. The van der Waals surface area contributed by atoms with Crippen LogP contribution in [0.4, 0.5) is 26.2 Å². The molecular formula is C47H52F2N14O6. The van der Waals surface area contributed by atoms with E-state index in [1.54, 1.807) is 35.1 Å². The normalized spacial score (nSPS) is 16.8. The first-order chi connectivity index (χ1) is 33.4. The van der Waals surface area contributed by atoms with Crippen molar-refractivity contribution in [3.05, 3.63) is 101 Å². The standard InChI is InChI=1S/C47H52F2N14O6/c1-28(2)62-29(3)53-43-34(48)21-31(22-38(43)62)42-35(49)24-52-47(56-42)54-39-9-7-30(23-51-39)25-59-12-14-60(15-13-59)26-32-27-61(58-57-32)16-18-69-20-19-68-17-11-50-36-6-4-5-33-41(36)46(67)63(45(33)66)37-8-10-40(64)55-44(37)65/h4-7,9,21-24,27-28,37,50H,8,10-20,25-26H2,1-3H3,(H,55,64,65)(H,51,52,54,56). The number of fused-ring (bicyclic) bond motifs is 2. The lowest BCUT2D eigenvalue weighted by atomic mass is 10.0. The van der Waals surface area contributed by atoms with Gasteiger partial charge in [0.25, 0.3) is 11.8 Å². The second-order valence-corrected chi connectivity index (χ2v) is 17.4. The van der Waals surface area contributed by atoms with E-state index in [9.17, 15) is 19.2 Å². The lowest BCUT2D eigenvalue weighted by Gasteiger charge is -2.34. The Labute approximate surface area is 395 Å². The molecule has 4 aromatic heterocycles. The van der Waals surface area contributed by atoms with Crippen LogP contribution in [0.1, 0.15) is 70.5 Å². The third-order valence-electron chi connectivity index (χ3n) is 12.2. The quantitative estimate of drug-likeness (QED) is 0.0763. The number of piperidine rings is 1. The molecule has 20 nitrogen and oxygen atoms in total. The molecule has 2 aromatic carbocycles. The maximum absolute atomic E-state index is 15.2. The van der Waals surface area contributed by atoms with Crippen LogP contribution < -0.4 is 16.0 Å². The van der Waals surface area contributed by atoms with E-state index >= 15 is 8.78 Å². The number of pyridine rings is 1. The molecule has 0 aliphatic carbocycles. The van der Waals surface area contributed by atoms with Gasteiger partial charge in [0.15, 0.2) is 11.6 Å². The van der Waals surface area contributed by atoms with E-state index in [0.29, 0.717) is 68.9 Å². The first-order valence-corrected chi connectivity index (χ1v) is 22.9. The minimum Gasteiger partial charge on any atom is -0.382 e. The number of carbonyl (C=O) groups is 4. The zero-order chi connectivity index (χ0) is 48.2. The second-order valence-electron chi connectivity index (χ2n) is 17.4. The number of hydrogen-bond acceptors (Lipinski definition) is 16. The highest BCUT2D eigenvalue weighted by Crippen LogP contribution is 2.33. The smallest absolute Gasteiger partial charge is 0.264 e. The van der Waals surface area contributed by atoms with Gasteiger partial charge in [0, 0.05) is 81.9 Å². The molecule has 0 saturated carbocycles. The molecule has 2 fully saturated rings. The Balaban J connectivity index is 0.655. The fourth-order valence-electron chi connectivity index (χ4n) is 8.91. The molecule has 3 aliphatic rings. The zero-order valence-electron chi connectivity index (χ0n) is 38.5. The van der Waals surface area contributed by atoms with E-state index in [0.717, 1.165) is 55.1 Å². The van der Waals surface area contributed by atoms with Crippen LogP contribution in [0.15, 0.2) is 61.1 Å². The maximum Gasteiger partial charge on any atom is 0.264 e. The highest BCUT2D eigenvalue weighted by molar-refractivity contribution is 6.25. The van der Waals surface area contributed by atoms with Crippen LogP contribution in [0.2, 0.25) is 0 Å². The molecule has 360 valence electrons. The van der Waals surface area contributed by atoms with Crippen molar-refractivity contribution in [2.75, 3.05) is 69.8 Å². The van der Waals surface area contributed by atoms with Crippen molar-refractivity contribution in [2.24, 2.45) is 0 Å². The number of halogens is 2. The Morgan fingerprint density at radius 1 is 0.870 bits per heavy atom. The number of hydrogen-bond donors (Lipinski definition) is 3. The summed E-state index contributed by atoms with van der Waals surface area (Å²) >= 11 is 0. The molecule has 7 heterocycles. The Morgan fingerprint density at radius 2 is 1.65 bits per heavy atom. The molecule has 9 rings (SSSR count). The second kappa shape index (κ2) is 20.6. The SMILES string of the molecule is Cc1nc2c(F)cc(-c3nc(Nc4ccc(CN5CCN(Cc6cn(CCOCCOCCNc7cccc8c7C(=O)N(C7CCC(=O)NC7=O)C8=O)nn6)CC5)cn4)ncc3F)cc2n1C(C)C. The molecule has 0 bridgehead atoms. The van der Waals surface area contributed by atoms with Crippen molar-refractivity contribution >= 4 is 52.1 Å². The van der Waals surface area contributed by atoms with Crippen LogP contribution in [0.5, 0.6) is 0 Å². The van der Waals surface area contributed by atoms with Crippen LogP contribution in [0, 0.1) is 18.6 Å². The van der Waals surface area contributed by atoms with Gasteiger partial charge in [-0.2, -0.15) is 0 Å². The highest BCUT2D eigenvalue weighted by atomic mass is 19.1. The number of benzene rings is 2. The summed E-state index contributed by atoms with van der Waals surface area (Å²) in [6, 6.07) is 10.7. The summed E-state index contributed by atoms with van der Waals surface area (Å²) < 4.78 is 45.3. The fraction of sp³-hybridized carbons (Fsp3) is 0.404. The third kappa shape index (κ3) is 10.5. The first-order valence-electron chi connectivity index (χ1n) is 22.9. The lowest BCUT2D eigenvalue weighted by molar-refractivity contribution is -0.136. The van der Waals surface area contributed by atoms with Gasteiger partial charge < -0.3 is 24.7 Å². The molecule has 3 N–H and O–H groups in total. The summed E-state index contributed by atoms with van der Waals surface area (Å²) in [7, 11) is 0. The Morgan fingerprint density at radius 3 is 2.41 bits per heavy atom. The highest BCUT2D eigenvalue weighted by Gasteiger charge is 2.45. The van der Waals surface area contributed by atoms with Crippen LogP contribution in [-0.4, -0.2) is 143 Å². The molecule has 3 aliphatic heterocycles. The summed E-state index contributed by atoms with van der Waals surface area (Å²) in [6.45, 7) is 13.1. The number of aryl methyl sites for hydroxylation is 1. The van der Waals surface area contributed by atoms with Gasteiger partial charge in [0.2, 0.25) is 17.8 Å². The van der Waals surface area contributed by atoms with E-state index in [1.807, 2.05) is 43.7 Å². The zero-order valence-corrected chi connectivity index (χ0v) is 38.5. The number of aromatic nitrogens is 8. The van der Waals surface area contributed by atoms with Gasteiger partial charge in [0.1, 0.15) is 28.9 Å². The summed E-state index contributed by atoms with van der Waals surface area (Å²) in [5.41, 5.74) is 3.85. The van der Waals surface area contributed by atoms with Gasteiger partial charge in [0.05, 0.1) is 61.5 Å². The average molecular weight is 947 g/mol. The Hall–Kier alpha value is -7.14. The summed E-state index contributed by atoms with van der Waals surface area (Å²) in [4.78, 5) is 73.4. The predicted octanol–water partition coefficient (Wildman–Crippen LogP) is 4.26. The van der Waals surface area contributed by atoms with Gasteiger partial charge in [-0.1, -0.05) is 17.3 Å². The van der Waals surface area contributed by atoms with Crippen molar-refractivity contribution in [1.29, 1.82) is 0 Å². The van der Waals surface area contributed by atoms with E-state index in [2.05, 4.69) is 56.0 Å². The number of nitrogens with one attached hydrogen (secondary N) is 3. The van der Waals surface area contributed by atoms with E-state index in [1.165, 1.54) is 6.07 Å². The van der Waals surface area contributed by atoms with E-state index in [4.69, 9.17) is 9.47 Å². The molecule has 0 radical (unpaired) electrons. The summed E-state index contributed by atoms with van der Waals surface area (Å²) in [5.74, 6) is -2.13. The van der Waals surface area contributed by atoms with Gasteiger partial charge in [-0.05, 0) is 63.1 Å². The molecule has 22 heteroatoms. The number of anilines is 3.